The number of Topliss-reactive ketones (excluding diaryl/α,β-unsaturated/α-hetero) is 1. The summed E-state index contributed by atoms with van der Waals surface area (Å²) in [5.41, 5.74) is 3.23. The fourth-order valence-electron chi connectivity index (χ4n) is 1.35. The van der Waals surface area contributed by atoms with Crippen molar-refractivity contribution in [3.63, 3.8) is 0 Å². The normalized spacial score (nSPS) is 10.5. The number of rotatable bonds is 2. The zero-order valence-corrected chi connectivity index (χ0v) is 8.72. The van der Waals surface area contributed by atoms with Gasteiger partial charge in [0, 0.05) is 5.56 Å². The molecule has 0 saturated carbocycles. The van der Waals surface area contributed by atoms with E-state index in [4.69, 9.17) is 0 Å². The largest absolute Gasteiger partial charge is 0.295 e. The predicted octanol–water partition coefficient (Wildman–Crippen LogP) is 3.32. The van der Waals surface area contributed by atoms with Gasteiger partial charge in [0.2, 0.25) is 0 Å². The second kappa shape index (κ2) is 3.73. The van der Waals surface area contributed by atoms with Gasteiger partial charge in [-0.3, -0.25) is 4.79 Å². The quantitative estimate of drug-likeness (QED) is 0.632. The Morgan fingerprint density at radius 1 is 1.23 bits per heavy atom. The Balaban J connectivity index is 3.19. The molecule has 1 heteroatoms. The molecular formula is C12H16O. The summed E-state index contributed by atoms with van der Waals surface area (Å²) in [6, 6.07) is 6.06. The van der Waals surface area contributed by atoms with Gasteiger partial charge in [0.1, 0.15) is 0 Å². The fraction of sp³-hybridized carbons (Fsp3) is 0.417. The summed E-state index contributed by atoms with van der Waals surface area (Å²) in [7, 11) is 0. The molecule has 0 saturated heterocycles. The standard InChI is InChI=1S/C12H16O/c1-8(2)11-5-9(3)6-12(7-11)10(4)13/h5-8H,1-4H3. The molecule has 1 aromatic rings. The van der Waals surface area contributed by atoms with E-state index in [0.717, 1.165) is 11.1 Å². The van der Waals surface area contributed by atoms with E-state index in [1.165, 1.54) is 5.56 Å². The number of carbonyl (C=O) groups is 1. The molecule has 1 aromatic carbocycles. The minimum Gasteiger partial charge on any atom is -0.295 e. The maximum Gasteiger partial charge on any atom is 0.159 e. The number of hydrogen-bond acceptors (Lipinski definition) is 1. The molecule has 0 aliphatic heterocycles. The van der Waals surface area contributed by atoms with Gasteiger partial charge in [0.15, 0.2) is 5.78 Å². The van der Waals surface area contributed by atoms with Crippen LogP contribution in [0.4, 0.5) is 0 Å². The number of aryl methyl sites for hydroxylation is 1. The third kappa shape index (κ3) is 2.41. The first-order valence-corrected chi connectivity index (χ1v) is 4.63. The lowest BCUT2D eigenvalue weighted by molar-refractivity contribution is 0.101. The lowest BCUT2D eigenvalue weighted by atomic mass is 9.97. The second-order valence-corrected chi connectivity index (χ2v) is 3.84. The van der Waals surface area contributed by atoms with Crippen LogP contribution in [0.3, 0.4) is 0 Å². The Labute approximate surface area is 79.8 Å². The van der Waals surface area contributed by atoms with Crippen molar-refractivity contribution in [2.24, 2.45) is 0 Å². The molecule has 0 spiro atoms. The Hall–Kier alpha value is -1.11. The summed E-state index contributed by atoms with van der Waals surface area (Å²) in [4.78, 5) is 11.2. The fourth-order valence-corrected chi connectivity index (χ4v) is 1.35. The first-order chi connectivity index (χ1) is 6.00. The van der Waals surface area contributed by atoms with Gasteiger partial charge in [0.25, 0.3) is 0 Å². The minimum absolute atomic E-state index is 0.144. The highest BCUT2D eigenvalue weighted by Crippen LogP contribution is 2.18. The zero-order valence-electron chi connectivity index (χ0n) is 8.72. The smallest absolute Gasteiger partial charge is 0.159 e. The summed E-state index contributed by atoms with van der Waals surface area (Å²) in [5.74, 6) is 0.628. The molecule has 70 valence electrons. The third-order valence-corrected chi connectivity index (χ3v) is 2.17. The van der Waals surface area contributed by atoms with Crippen molar-refractivity contribution in [2.45, 2.75) is 33.6 Å². The molecule has 0 N–H and O–H groups in total. The molecule has 0 heterocycles. The summed E-state index contributed by atoms with van der Waals surface area (Å²) in [5, 5.41) is 0. The molecule has 0 aliphatic carbocycles. The average Bonchev–Trinajstić information content (AvgIpc) is 2.03. The van der Waals surface area contributed by atoms with Crippen LogP contribution in [0.15, 0.2) is 18.2 Å². The minimum atomic E-state index is 0.144. The van der Waals surface area contributed by atoms with Gasteiger partial charge in [-0.25, -0.2) is 0 Å². The van der Waals surface area contributed by atoms with Crippen LogP contribution in [0.2, 0.25) is 0 Å². The average molecular weight is 176 g/mol. The molecule has 0 aromatic heterocycles. The summed E-state index contributed by atoms with van der Waals surface area (Å²) >= 11 is 0. The predicted molar refractivity (Wildman–Crippen MR) is 55.3 cm³/mol. The van der Waals surface area contributed by atoms with Crippen molar-refractivity contribution in [3.8, 4) is 0 Å². The monoisotopic (exact) mass is 176 g/mol. The zero-order chi connectivity index (χ0) is 10.0. The molecule has 0 amide bonds. The highest BCUT2D eigenvalue weighted by atomic mass is 16.1. The molecule has 13 heavy (non-hydrogen) atoms. The first kappa shape index (κ1) is 9.97. The number of carbonyl (C=O) groups excluding carboxylic acids is 1. The Kier molecular flexibility index (Phi) is 2.86. The van der Waals surface area contributed by atoms with Gasteiger partial charge in [-0.1, -0.05) is 25.5 Å². The summed E-state index contributed by atoms with van der Waals surface area (Å²) < 4.78 is 0. The topological polar surface area (TPSA) is 17.1 Å². The van der Waals surface area contributed by atoms with Gasteiger partial charge < -0.3 is 0 Å². The van der Waals surface area contributed by atoms with E-state index in [9.17, 15) is 4.79 Å². The molecule has 0 radical (unpaired) electrons. The van der Waals surface area contributed by atoms with Gasteiger partial charge in [-0.15, -0.1) is 0 Å². The van der Waals surface area contributed by atoms with Crippen molar-refractivity contribution in [1.29, 1.82) is 0 Å². The summed E-state index contributed by atoms with van der Waals surface area (Å²) in [6.07, 6.45) is 0. The second-order valence-electron chi connectivity index (χ2n) is 3.84. The van der Waals surface area contributed by atoms with Gasteiger partial charge >= 0.3 is 0 Å². The Morgan fingerprint density at radius 3 is 2.31 bits per heavy atom. The van der Waals surface area contributed by atoms with Crippen molar-refractivity contribution in [3.05, 3.63) is 34.9 Å². The molecule has 0 aliphatic rings. The SMILES string of the molecule is CC(=O)c1cc(C)cc(C(C)C)c1. The molecule has 0 unspecified atom stereocenters. The lowest BCUT2D eigenvalue weighted by Gasteiger charge is -2.08. The molecule has 0 atom stereocenters. The Morgan fingerprint density at radius 2 is 1.85 bits per heavy atom. The number of ketones is 1. The van der Waals surface area contributed by atoms with Crippen LogP contribution in [-0.2, 0) is 0 Å². The van der Waals surface area contributed by atoms with Crippen LogP contribution in [0.5, 0.6) is 0 Å². The molecule has 1 rings (SSSR count). The van der Waals surface area contributed by atoms with Crippen LogP contribution >= 0.6 is 0 Å². The number of benzene rings is 1. The molecule has 1 nitrogen and oxygen atoms in total. The van der Waals surface area contributed by atoms with E-state index in [1.807, 2.05) is 19.1 Å². The van der Waals surface area contributed by atoms with Gasteiger partial charge in [-0.2, -0.15) is 0 Å². The van der Waals surface area contributed by atoms with Crippen LogP contribution in [0.1, 0.15) is 48.2 Å². The number of hydrogen-bond donors (Lipinski definition) is 0. The highest BCUT2D eigenvalue weighted by molar-refractivity contribution is 5.94. The summed E-state index contributed by atoms with van der Waals surface area (Å²) in [6.45, 7) is 7.91. The first-order valence-electron chi connectivity index (χ1n) is 4.63. The van der Waals surface area contributed by atoms with Crippen molar-refractivity contribution >= 4 is 5.78 Å². The lowest BCUT2D eigenvalue weighted by Crippen LogP contribution is -1.96. The van der Waals surface area contributed by atoms with Crippen molar-refractivity contribution in [2.75, 3.05) is 0 Å². The van der Waals surface area contributed by atoms with E-state index in [1.54, 1.807) is 6.92 Å². The van der Waals surface area contributed by atoms with Crippen LogP contribution in [-0.4, -0.2) is 5.78 Å². The van der Waals surface area contributed by atoms with E-state index in [2.05, 4.69) is 19.9 Å². The highest BCUT2D eigenvalue weighted by Gasteiger charge is 2.04. The Bertz CT molecular complexity index is 324. The maximum atomic E-state index is 11.2. The van der Waals surface area contributed by atoms with Crippen LogP contribution < -0.4 is 0 Å². The van der Waals surface area contributed by atoms with E-state index in [-0.39, 0.29) is 5.78 Å². The molecular weight excluding hydrogens is 160 g/mol. The van der Waals surface area contributed by atoms with E-state index in [0.29, 0.717) is 5.92 Å². The van der Waals surface area contributed by atoms with Gasteiger partial charge in [-0.05, 0) is 37.5 Å². The van der Waals surface area contributed by atoms with E-state index < -0.39 is 0 Å². The van der Waals surface area contributed by atoms with E-state index >= 15 is 0 Å². The van der Waals surface area contributed by atoms with Crippen molar-refractivity contribution < 1.29 is 4.79 Å². The third-order valence-electron chi connectivity index (χ3n) is 2.17. The van der Waals surface area contributed by atoms with Crippen molar-refractivity contribution in [1.82, 2.24) is 0 Å². The van der Waals surface area contributed by atoms with Crippen LogP contribution in [0.25, 0.3) is 0 Å². The van der Waals surface area contributed by atoms with Crippen LogP contribution in [0, 0.1) is 6.92 Å². The molecule has 0 bridgehead atoms. The maximum absolute atomic E-state index is 11.2. The van der Waals surface area contributed by atoms with Gasteiger partial charge in [0.05, 0.1) is 0 Å². The molecule has 0 fully saturated rings.